The molecule has 3 heteroatoms. The highest BCUT2D eigenvalue weighted by Crippen LogP contribution is 2.27. The molecule has 0 aliphatic heterocycles. The number of allylic oxidation sites excluding steroid dienone is 1. The van der Waals surface area contributed by atoms with Crippen LogP contribution in [0, 0.1) is 5.92 Å². The molecule has 0 fully saturated rings. The molecule has 1 nitrogen and oxygen atoms in total. The molecule has 1 rings (SSSR count). The summed E-state index contributed by atoms with van der Waals surface area (Å²) in [4.78, 5) is 0. The van der Waals surface area contributed by atoms with Gasteiger partial charge in [-0.15, -0.1) is 0 Å². The molecule has 0 amide bonds. The Morgan fingerprint density at radius 1 is 1.44 bits per heavy atom. The van der Waals surface area contributed by atoms with E-state index in [0.29, 0.717) is 5.92 Å². The molecular weight excluding hydrogens is 332 g/mol. The minimum Gasteiger partial charge on any atom is -0.496 e. The number of benzene rings is 1. The summed E-state index contributed by atoms with van der Waals surface area (Å²) in [5.41, 5.74) is 2.47. The van der Waals surface area contributed by atoms with Gasteiger partial charge in [0.1, 0.15) is 5.75 Å². The molecule has 0 saturated carbocycles. The Hall–Kier alpha value is -0.280. The quantitative estimate of drug-likeness (QED) is 0.704. The summed E-state index contributed by atoms with van der Waals surface area (Å²) in [5.74, 6) is 1.44. The zero-order valence-electron chi connectivity index (χ0n) is 9.76. The maximum absolute atomic E-state index is 5.34. The first kappa shape index (κ1) is 13.8. The normalized spacial score (nSPS) is 12.0. The maximum atomic E-state index is 5.34. The molecule has 0 heterocycles. The van der Waals surface area contributed by atoms with E-state index in [2.05, 4.69) is 57.8 Å². The van der Waals surface area contributed by atoms with Crippen LogP contribution in [0.2, 0.25) is 0 Å². The van der Waals surface area contributed by atoms with Crippen LogP contribution in [-0.4, -0.2) is 12.4 Å². The molecule has 0 aliphatic carbocycles. The molecule has 0 saturated heterocycles. The van der Waals surface area contributed by atoms with E-state index in [1.54, 1.807) is 7.11 Å². The highest BCUT2D eigenvalue weighted by Gasteiger charge is 2.05. The van der Waals surface area contributed by atoms with Crippen molar-refractivity contribution in [2.24, 2.45) is 5.92 Å². The summed E-state index contributed by atoms with van der Waals surface area (Å²) in [5, 5.41) is 0.889. The summed E-state index contributed by atoms with van der Waals surface area (Å²) in [6.07, 6.45) is 2.18. The van der Waals surface area contributed by atoms with E-state index < -0.39 is 0 Å². The van der Waals surface area contributed by atoms with Gasteiger partial charge in [-0.1, -0.05) is 57.4 Å². The SMILES string of the molecule is COc1ccc(Br)cc1C=C(CBr)C(C)C. The zero-order valence-corrected chi connectivity index (χ0v) is 12.9. The minimum atomic E-state index is 0.531. The number of ether oxygens (including phenoxy) is 1. The topological polar surface area (TPSA) is 9.23 Å². The fraction of sp³-hybridized carbons (Fsp3) is 0.385. The maximum Gasteiger partial charge on any atom is 0.126 e. The van der Waals surface area contributed by atoms with Crippen molar-refractivity contribution in [2.75, 3.05) is 12.4 Å². The summed E-state index contributed by atoms with van der Waals surface area (Å²) in [7, 11) is 1.70. The largest absolute Gasteiger partial charge is 0.496 e. The third-order valence-corrected chi connectivity index (χ3v) is 3.57. The van der Waals surface area contributed by atoms with Gasteiger partial charge < -0.3 is 4.74 Å². The molecule has 0 atom stereocenters. The Bertz CT molecular complexity index is 384. The molecule has 0 unspecified atom stereocenters. The molecule has 0 aromatic heterocycles. The summed E-state index contributed by atoms with van der Waals surface area (Å²) in [6.45, 7) is 4.38. The summed E-state index contributed by atoms with van der Waals surface area (Å²) in [6, 6.07) is 6.03. The number of methoxy groups -OCH3 is 1. The summed E-state index contributed by atoms with van der Waals surface area (Å²) >= 11 is 7.00. The van der Waals surface area contributed by atoms with Gasteiger partial charge in [-0.25, -0.2) is 0 Å². The molecule has 0 bridgehead atoms. The molecular formula is C13H16Br2O. The lowest BCUT2D eigenvalue weighted by molar-refractivity contribution is 0.413. The number of halogens is 2. The predicted octanol–water partition coefficient (Wildman–Crippen LogP) is 4.89. The Labute approximate surface area is 114 Å². The van der Waals surface area contributed by atoms with Gasteiger partial charge in [0.25, 0.3) is 0 Å². The lowest BCUT2D eigenvalue weighted by atomic mass is 10.0. The van der Waals surface area contributed by atoms with Crippen molar-refractivity contribution in [2.45, 2.75) is 13.8 Å². The molecule has 0 N–H and O–H groups in total. The lowest BCUT2D eigenvalue weighted by Gasteiger charge is -2.10. The van der Waals surface area contributed by atoms with E-state index in [1.165, 1.54) is 5.57 Å². The van der Waals surface area contributed by atoms with Gasteiger partial charge in [-0.3, -0.25) is 0 Å². The fourth-order valence-corrected chi connectivity index (χ4v) is 2.57. The van der Waals surface area contributed by atoms with Crippen molar-refractivity contribution in [3.63, 3.8) is 0 Å². The van der Waals surface area contributed by atoms with Crippen LogP contribution in [0.4, 0.5) is 0 Å². The highest BCUT2D eigenvalue weighted by molar-refractivity contribution is 9.10. The number of alkyl halides is 1. The van der Waals surface area contributed by atoms with Crippen LogP contribution in [0.5, 0.6) is 5.75 Å². The van der Waals surface area contributed by atoms with Crippen LogP contribution in [0.15, 0.2) is 28.2 Å². The van der Waals surface area contributed by atoms with Gasteiger partial charge in [0.15, 0.2) is 0 Å². The third-order valence-electron chi connectivity index (χ3n) is 2.43. The van der Waals surface area contributed by atoms with Crippen LogP contribution in [-0.2, 0) is 0 Å². The molecule has 88 valence electrons. The first-order chi connectivity index (χ1) is 7.58. The second kappa shape index (κ2) is 6.45. The average Bonchev–Trinajstić information content (AvgIpc) is 2.25. The van der Waals surface area contributed by atoms with Crippen molar-refractivity contribution < 1.29 is 4.74 Å². The van der Waals surface area contributed by atoms with Crippen LogP contribution < -0.4 is 4.74 Å². The first-order valence-electron chi connectivity index (χ1n) is 5.18. The monoisotopic (exact) mass is 346 g/mol. The average molecular weight is 348 g/mol. The summed E-state index contributed by atoms with van der Waals surface area (Å²) < 4.78 is 6.41. The molecule has 16 heavy (non-hydrogen) atoms. The Kier molecular flexibility index (Phi) is 5.56. The Morgan fingerprint density at radius 2 is 2.12 bits per heavy atom. The second-order valence-corrected chi connectivity index (χ2v) is 5.37. The van der Waals surface area contributed by atoms with Crippen molar-refractivity contribution >= 4 is 37.9 Å². The van der Waals surface area contributed by atoms with Crippen LogP contribution >= 0.6 is 31.9 Å². The predicted molar refractivity (Wildman–Crippen MR) is 77.3 cm³/mol. The number of hydrogen-bond acceptors (Lipinski definition) is 1. The van der Waals surface area contributed by atoms with E-state index in [0.717, 1.165) is 21.1 Å². The van der Waals surface area contributed by atoms with E-state index >= 15 is 0 Å². The molecule has 0 spiro atoms. The van der Waals surface area contributed by atoms with Crippen LogP contribution in [0.3, 0.4) is 0 Å². The van der Waals surface area contributed by atoms with Crippen LogP contribution in [0.1, 0.15) is 19.4 Å². The van der Waals surface area contributed by atoms with E-state index in [1.807, 2.05) is 12.1 Å². The lowest BCUT2D eigenvalue weighted by Crippen LogP contribution is -1.96. The standard InChI is InChI=1S/C13H16Br2O/c1-9(2)11(8-14)6-10-7-12(15)4-5-13(10)16-3/h4-7,9H,8H2,1-3H3. The van der Waals surface area contributed by atoms with E-state index in [-0.39, 0.29) is 0 Å². The van der Waals surface area contributed by atoms with Gasteiger partial charge in [-0.05, 0) is 24.1 Å². The van der Waals surface area contributed by atoms with Crippen molar-refractivity contribution in [1.82, 2.24) is 0 Å². The van der Waals surface area contributed by atoms with Gasteiger partial charge in [0, 0.05) is 15.4 Å². The van der Waals surface area contributed by atoms with Gasteiger partial charge in [0.2, 0.25) is 0 Å². The van der Waals surface area contributed by atoms with Gasteiger partial charge in [-0.2, -0.15) is 0 Å². The molecule has 1 aromatic carbocycles. The number of hydrogen-bond donors (Lipinski definition) is 0. The van der Waals surface area contributed by atoms with Crippen molar-refractivity contribution in [1.29, 1.82) is 0 Å². The van der Waals surface area contributed by atoms with Gasteiger partial charge >= 0.3 is 0 Å². The third kappa shape index (κ3) is 3.63. The van der Waals surface area contributed by atoms with Gasteiger partial charge in [0.05, 0.1) is 7.11 Å². The van der Waals surface area contributed by atoms with E-state index in [4.69, 9.17) is 4.74 Å². The smallest absolute Gasteiger partial charge is 0.126 e. The van der Waals surface area contributed by atoms with Crippen LogP contribution in [0.25, 0.3) is 6.08 Å². The molecule has 1 aromatic rings. The minimum absolute atomic E-state index is 0.531. The first-order valence-corrected chi connectivity index (χ1v) is 7.10. The molecule has 0 aliphatic rings. The fourth-order valence-electron chi connectivity index (χ4n) is 1.38. The van der Waals surface area contributed by atoms with Crippen molar-refractivity contribution in [3.8, 4) is 5.75 Å². The Balaban J connectivity index is 3.15. The second-order valence-electron chi connectivity index (χ2n) is 3.89. The zero-order chi connectivity index (χ0) is 12.1. The van der Waals surface area contributed by atoms with E-state index in [9.17, 15) is 0 Å². The molecule has 0 radical (unpaired) electrons. The highest BCUT2D eigenvalue weighted by atomic mass is 79.9. The Morgan fingerprint density at radius 3 is 2.62 bits per heavy atom. The number of rotatable bonds is 4. The van der Waals surface area contributed by atoms with Crippen molar-refractivity contribution in [3.05, 3.63) is 33.8 Å².